The summed E-state index contributed by atoms with van der Waals surface area (Å²) in [5, 5.41) is 0.716. The number of alkyl halides is 1. The Kier molecular flexibility index (Phi) is 2.42. The highest BCUT2D eigenvalue weighted by Crippen LogP contribution is 2.17. The van der Waals surface area contributed by atoms with Crippen LogP contribution in [0.1, 0.15) is 5.82 Å². The van der Waals surface area contributed by atoms with Crippen molar-refractivity contribution in [3.63, 3.8) is 0 Å². The highest BCUT2D eigenvalue weighted by atomic mass is 35.5. The predicted molar refractivity (Wildman–Crippen MR) is 55.5 cm³/mol. The van der Waals surface area contributed by atoms with Crippen molar-refractivity contribution in [3.8, 4) is 0 Å². The number of benzene rings is 1. The van der Waals surface area contributed by atoms with Crippen LogP contribution >= 0.6 is 23.2 Å². The van der Waals surface area contributed by atoms with Crippen molar-refractivity contribution in [3.05, 3.63) is 29.0 Å². The summed E-state index contributed by atoms with van der Waals surface area (Å²) in [6.07, 6.45) is 0.758. The van der Waals surface area contributed by atoms with Crippen LogP contribution in [0.5, 0.6) is 0 Å². The number of H-pyrrole nitrogens is 1. The minimum atomic E-state index is 0.577. The van der Waals surface area contributed by atoms with Crippen molar-refractivity contribution in [1.29, 1.82) is 0 Å². The number of nitrogens with one attached hydrogen (secondary N) is 1. The highest BCUT2D eigenvalue weighted by molar-refractivity contribution is 6.31. The van der Waals surface area contributed by atoms with Crippen molar-refractivity contribution in [2.24, 2.45) is 0 Å². The molecule has 0 amide bonds. The summed E-state index contributed by atoms with van der Waals surface area (Å²) in [7, 11) is 0. The fraction of sp³-hybridized carbons (Fsp3) is 0.222. The van der Waals surface area contributed by atoms with Gasteiger partial charge in [-0.1, -0.05) is 11.6 Å². The third kappa shape index (κ3) is 1.79. The van der Waals surface area contributed by atoms with Crippen LogP contribution in [-0.4, -0.2) is 15.8 Å². The van der Waals surface area contributed by atoms with E-state index in [0.29, 0.717) is 10.9 Å². The molecule has 4 heteroatoms. The van der Waals surface area contributed by atoms with E-state index >= 15 is 0 Å². The van der Waals surface area contributed by atoms with Crippen molar-refractivity contribution in [2.45, 2.75) is 6.42 Å². The van der Waals surface area contributed by atoms with Gasteiger partial charge >= 0.3 is 0 Å². The van der Waals surface area contributed by atoms with Crippen LogP contribution in [0.4, 0.5) is 0 Å². The van der Waals surface area contributed by atoms with Gasteiger partial charge in [-0.15, -0.1) is 11.6 Å². The maximum Gasteiger partial charge on any atom is 0.108 e. The van der Waals surface area contributed by atoms with E-state index in [0.717, 1.165) is 23.3 Å². The Hall–Kier alpha value is -0.730. The van der Waals surface area contributed by atoms with Crippen molar-refractivity contribution in [2.75, 3.05) is 5.88 Å². The van der Waals surface area contributed by atoms with Crippen LogP contribution in [-0.2, 0) is 6.42 Å². The minimum absolute atomic E-state index is 0.577. The number of nitrogens with zero attached hydrogens (tertiary/aromatic N) is 1. The Balaban J connectivity index is 2.49. The molecule has 13 heavy (non-hydrogen) atoms. The van der Waals surface area contributed by atoms with Gasteiger partial charge in [-0.3, -0.25) is 0 Å². The van der Waals surface area contributed by atoms with E-state index in [1.807, 2.05) is 18.2 Å². The van der Waals surface area contributed by atoms with E-state index in [4.69, 9.17) is 23.2 Å². The smallest absolute Gasteiger partial charge is 0.108 e. The normalized spacial score (nSPS) is 10.9. The van der Waals surface area contributed by atoms with E-state index in [2.05, 4.69) is 9.97 Å². The van der Waals surface area contributed by atoms with Crippen molar-refractivity contribution >= 4 is 34.2 Å². The molecule has 2 aromatic rings. The quantitative estimate of drug-likeness (QED) is 0.766. The Morgan fingerprint density at radius 2 is 2.23 bits per heavy atom. The van der Waals surface area contributed by atoms with E-state index < -0.39 is 0 Å². The fourth-order valence-electron chi connectivity index (χ4n) is 1.24. The lowest BCUT2D eigenvalue weighted by atomic mass is 10.3. The molecule has 0 aliphatic rings. The first kappa shape index (κ1) is 8.85. The summed E-state index contributed by atoms with van der Waals surface area (Å²) in [5.41, 5.74) is 1.90. The molecule has 1 aromatic carbocycles. The van der Waals surface area contributed by atoms with Crippen molar-refractivity contribution < 1.29 is 0 Å². The van der Waals surface area contributed by atoms with E-state index in [-0.39, 0.29) is 0 Å². The fourth-order valence-corrected chi connectivity index (χ4v) is 1.59. The van der Waals surface area contributed by atoms with Crippen LogP contribution in [0.15, 0.2) is 18.2 Å². The first-order valence-corrected chi connectivity index (χ1v) is 4.91. The number of hydrogen-bond donors (Lipinski definition) is 1. The van der Waals surface area contributed by atoms with E-state index in [1.165, 1.54) is 0 Å². The van der Waals surface area contributed by atoms with Crippen LogP contribution in [0.3, 0.4) is 0 Å². The van der Waals surface area contributed by atoms with Gasteiger partial charge in [-0.05, 0) is 18.2 Å². The first-order chi connectivity index (χ1) is 6.29. The summed E-state index contributed by atoms with van der Waals surface area (Å²) in [6, 6.07) is 5.59. The second-order valence-electron chi connectivity index (χ2n) is 2.78. The lowest BCUT2D eigenvalue weighted by Crippen LogP contribution is -1.87. The number of aromatic amines is 1. The number of rotatable bonds is 2. The molecule has 0 radical (unpaired) electrons. The Labute approximate surface area is 85.9 Å². The number of aromatic nitrogens is 2. The molecule has 1 N–H and O–H groups in total. The molecule has 0 atom stereocenters. The van der Waals surface area contributed by atoms with Gasteiger partial charge < -0.3 is 4.98 Å². The molecule has 0 aliphatic heterocycles. The zero-order chi connectivity index (χ0) is 9.26. The maximum absolute atomic E-state index is 5.83. The topological polar surface area (TPSA) is 28.7 Å². The molecule has 0 saturated carbocycles. The molecule has 68 valence electrons. The highest BCUT2D eigenvalue weighted by Gasteiger charge is 2.01. The standard InChI is InChI=1S/C9H8Cl2N2/c10-4-3-9-12-7-2-1-6(11)5-8(7)13-9/h1-2,5H,3-4H2,(H,12,13). The maximum atomic E-state index is 5.83. The zero-order valence-corrected chi connectivity index (χ0v) is 8.36. The van der Waals surface area contributed by atoms with Crippen LogP contribution in [0.25, 0.3) is 11.0 Å². The lowest BCUT2D eigenvalue weighted by Gasteiger charge is -1.87. The number of aryl methyl sites for hydroxylation is 1. The van der Waals surface area contributed by atoms with Gasteiger partial charge in [-0.25, -0.2) is 4.98 Å². The Morgan fingerprint density at radius 1 is 1.38 bits per heavy atom. The third-order valence-corrected chi connectivity index (χ3v) is 2.25. The van der Waals surface area contributed by atoms with Crippen LogP contribution < -0.4 is 0 Å². The average Bonchev–Trinajstić information content (AvgIpc) is 2.46. The van der Waals surface area contributed by atoms with Crippen LogP contribution in [0.2, 0.25) is 5.02 Å². The summed E-state index contributed by atoms with van der Waals surface area (Å²) >= 11 is 11.4. The van der Waals surface area contributed by atoms with Gasteiger partial charge in [0, 0.05) is 17.3 Å². The molecule has 0 saturated heterocycles. The molecule has 2 nitrogen and oxygen atoms in total. The molecule has 0 bridgehead atoms. The largest absolute Gasteiger partial charge is 0.342 e. The van der Waals surface area contributed by atoms with Gasteiger partial charge in [0.2, 0.25) is 0 Å². The summed E-state index contributed by atoms with van der Waals surface area (Å²) in [6.45, 7) is 0. The Morgan fingerprint density at radius 3 is 3.00 bits per heavy atom. The summed E-state index contributed by atoms with van der Waals surface area (Å²) in [5.74, 6) is 1.49. The molecule has 0 fully saturated rings. The third-order valence-electron chi connectivity index (χ3n) is 1.82. The molecular weight excluding hydrogens is 207 g/mol. The first-order valence-electron chi connectivity index (χ1n) is 4.00. The molecule has 0 spiro atoms. The number of hydrogen-bond acceptors (Lipinski definition) is 1. The average molecular weight is 215 g/mol. The second-order valence-corrected chi connectivity index (χ2v) is 3.60. The number of fused-ring (bicyclic) bond motifs is 1. The molecular formula is C9H8Cl2N2. The zero-order valence-electron chi connectivity index (χ0n) is 6.85. The predicted octanol–water partition coefficient (Wildman–Crippen LogP) is 3.00. The van der Waals surface area contributed by atoms with Gasteiger partial charge in [-0.2, -0.15) is 0 Å². The second kappa shape index (κ2) is 3.56. The monoisotopic (exact) mass is 214 g/mol. The lowest BCUT2D eigenvalue weighted by molar-refractivity contribution is 1.01. The van der Waals surface area contributed by atoms with Gasteiger partial charge in [0.25, 0.3) is 0 Å². The van der Waals surface area contributed by atoms with Crippen molar-refractivity contribution in [1.82, 2.24) is 9.97 Å². The minimum Gasteiger partial charge on any atom is -0.342 e. The molecule has 1 aromatic heterocycles. The summed E-state index contributed by atoms with van der Waals surface area (Å²) < 4.78 is 0. The SMILES string of the molecule is ClCCc1nc2ccc(Cl)cc2[nH]1. The number of halogens is 2. The Bertz CT molecular complexity index is 422. The number of imidazole rings is 1. The van der Waals surface area contributed by atoms with Gasteiger partial charge in [0.15, 0.2) is 0 Å². The molecule has 1 heterocycles. The van der Waals surface area contributed by atoms with Gasteiger partial charge in [0.1, 0.15) is 5.82 Å². The summed E-state index contributed by atoms with van der Waals surface area (Å²) in [4.78, 5) is 7.50. The van der Waals surface area contributed by atoms with E-state index in [1.54, 1.807) is 0 Å². The molecule has 2 rings (SSSR count). The molecule has 0 unspecified atom stereocenters. The molecule has 0 aliphatic carbocycles. The van der Waals surface area contributed by atoms with E-state index in [9.17, 15) is 0 Å². The van der Waals surface area contributed by atoms with Gasteiger partial charge in [0.05, 0.1) is 11.0 Å². The van der Waals surface area contributed by atoms with Crippen LogP contribution in [0, 0.1) is 0 Å².